The smallest absolute Gasteiger partial charge is 0.0574 e. The van der Waals surface area contributed by atoms with Crippen LogP contribution in [0.15, 0.2) is 37.1 Å². The average molecular weight is 185 g/mol. The first-order valence-electron chi connectivity index (χ1n) is 3.62. The molecular formula is C9H13ClN2. The fraction of sp³-hybridized carbons (Fsp3) is 0.222. The number of hydrogen-bond acceptors (Lipinski definition) is 2. The van der Waals surface area contributed by atoms with E-state index in [2.05, 4.69) is 11.6 Å². The Morgan fingerprint density at radius 1 is 1.58 bits per heavy atom. The molecule has 1 rings (SSSR count). The normalized spacial score (nSPS) is 11.4. The van der Waals surface area contributed by atoms with E-state index in [0.29, 0.717) is 0 Å². The number of nitrogens with zero attached hydrogens (tertiary/aromatic N) is 1. The van der Waals surface area contributed by atoms with Crippen LogP contribution in [0.4, 0.5) is 0 Å². The van der Waals surface area contributed by atoms with Gasteiger partial charge in [0, 0.05) is 6.20 Å². The second-order valence-corrected chi connectivity index (χ2v) is 2.39. The van der Waals surface area contributed by atoms with E-state index in [0.717, 1.165) is 12.1 Å². The number of aromatic nitrogens is 1. The lowest BCUT2D eigenvalue weighted by Crippen LogP contribution is -2.10. The minimum absolute atomic E-state index is 0. The monoisotopic (exact) mass is 184 g/mol. The fourth-order valence-corrected chi connectivity index (χ4v) is 0.896. The molecule has 1 heterocycles. The largest absolute Gasteiger partial charge is 0.322 e. The summed E-state index contributed by atoms with van der Waals surface area (Å²) < 4.78 is 0. The van der Waals surface area contributed by atoms with Crippen LogP contribution in [0.1, 0.15) is 18.2 Å². The van der Waals surface area contributed by atoms with Crippen LogP contribution < -0.4 is 5.73 Å². The fourth-order valence-electron chi connectivity index (χ4n) is 0.896. The molecule has 0 aromatic carbocycles. The summed E-state index contributed by atoms with van der Waals surface area (Å²) >= 11 is 0. The molecule has 0 aliphatic rings. The zero-order valence-electron chi connectivity index (χ0n) is 6.81. The van der Waals surface area contributed by atoms with Crippen LogP contribution in [0, 0.1) is 0 Å². The lowest BCUT2D eigenvalue weighted by molar-refractivity contribution is 0.714. The quantitative estimate of drug-likeness (QED) is 0.731. The number of halogens is 1. The van der Waals surface area contributed by atoms with E-state index in [1.807, 2.05) is 18.2 Å². The van der Waals surface area contributed by atoms with E-state index < -0.39 is 0 Å². The Hall–Kier alpha value is -0.860. The van der Waals surface area contributed by atoms with Crippen LogP contribution >= 0.6 is 12.4 Å². The Balaban J connectivity index is 0.00000121. The molecule has 2 nitrogen and oxygen atoms in total. The van der Waals surface area contributed by atoms with Gasteiger partial charge in [-0.25, -0.2) is 0 Å². The molecule has 0 radical (unpaired) electrons. The Kier molecular flexibility index (Phi) is 5.34. The third kappa shape index (κ3) is 3.03. The summed E-state index contributed by atoms with van der Waals surface area (Å²) in [7, 11) is 0. The van der Waals surface area contributed by atoms with E-state index in [-0.39, 0.29) is 18.4 Å². The minimum Gasteiger partial charge on any atom is -0.322 e. The van der Waals surface area contributed by atoms with Crippen molar-refractivity contribution >= 4 is 12.4 Å². The molecule has 0 fully saturated rings. The van der Waals surface area contributed by atoms with Gasteiger partial charge in [-0.2, -0.15) is 0 Å². The van der Waals surface area contributed by atoms with Crippen LogP contribution in [0.5, 0.6) is 0 Å². The Morgan fingerprint density at radius 3 is 2.83 bits per heavy atom. The third-order valence-corrected chi connectivity index (χ3v) is 1.49. The summed E-state index contributed by atoms with van der Waals surface area (Å²) in [5.41, 5.74) is 6.70. The van der Waals surface area contributed by atoms with Gasteiger partial charge in [0.15, 0.2) is 0 Å². The van der Waals surface area contributed by atoms with Crippen molar-refractivity contribution in [3.63, 3.8) is 0 Å². The van der Waals surface area contributed by atoms with Gasteiger partial charge in [0.1, 0.15) is 0 Å². The maximum atomic E-state index is 5.77. The molecule has 0 saturated carbocycles. The Bertz CT molecular complexity index is 223. The van der Waals surface area contributed by atoms with Crippen molar-refractivity contribution in [3.05, 3.63) is 42.7 Å². The molecule has 1 aromatic heterocycles. The summed E-state index contributed by atoms with van der Waals surface area (Å²) in [4.78, 5) is 4.12. The molecule has 0 aliphatic heterocycles. The summed E-state index contributed by atoms with van der Waals surface area (Å²) in [5, 5.41) is 0. The second kappa shape index (κ2) is 5.75. The zero-order chi connectivity index (χ0) is 8.10. The maximum absolute atomic E-state index is 5.77. The molecule has 66 valence electrons. The lowest BCUT2D eigenvalue weighted by Gasteiger charge is -2.06. The van der Waals surface area contributed by atoms with Crippen LogP contribution in [-0.4, -0.2) is 4.98 Å². The van der Waals surface area contributed by atoms with Crippen molar-refractivity contribution in [1.29, 1.82) is 0 Å². The van der Waals surface area contributed by atoms with Gasteiger partial charge >= 0.3 is 0 Å². The predicted octanol–water partition coefficient (Wildman–Crippen LogP) is 2.08. The average Bonchev–Trinajstić information content (AvgIpc) is 2.07. The lowest BCUT2D eigenvalue weighted by atomic mass is 10.1. The standard InChI is InChI=1S/C9H12N2.ClH/c1-2-5-8(10)9-6-3-4-7-11-9;/h2-4,6-8H,1,5,10H2;1H/t8-;/m0./s1. The van der Waals surface area contributed by atoms with Gasteiger partial charge in [0.2, 0.25) is 0 Å². The number of nitrogens with two attached hydrogens (primary N) is 1. The van der Waals surface area contributed by atoms with Gasteiger partial charge < -0.3 is 5.73 Å². The highest BCUT2D eigenvalue weighted by Gasteiger charge is 2.02. The maximum Gasteiger partial charge on any atom is 0.0574 e. The summed E-state index contributed by atoms with van der Waals surface area (Å²) in [6.07, 6.45) is 4.33. The molecule has 1 atom stereocenters. The van der Waals surface area contributed by atoms with Gasteiger partial charge in [-0.05, 0) is 18.6 Å². The van der Waals surface area contributed by atoms with Crippen molar-refractivity contribution in [2.24, 2.45) is 5.73 Å². The van der Waals surface area contributed by atoms with E-state index >= 15 is 0 Å². The second-order valence-electron chi connectivity index (χ2n) is 2.39. The van der Waals surface area contributed by atoms with Crippen molar-refractivity contribution in [3.8, 4) is 0 Å². The molecule has 3 heteroatoms. The number of pyridine rings is 1. The van der Waals surface area contributed by atoms with Crippen molar-refractivity contribution in [2.45, 2.75) is 12.5 Å². The molecule has 0 saturated heterocycles. The van der Waals surface area contributed by atoms with Crippen LogP contribution in [0.25, 0.3) is 0 Å². The molecule has 0 amide bonds. The van der Waals surface area contributed by atoms with Crippen LogP contribution in [-0.2, 0) is 0 Å². The molecule has 12 heavy (non-hydrogen) atoms. The van der Waals surface area contributed by atoms with E-state index in [9.17, 15) is 0 Å². The van der Waals surface area contributed by atoms with Crippen LogP contribution in [0.3, 0.4) is 0 Å². The topological polar surface area (TPSA) is 38.9 Å². The van der Waals surface area contributed by atoms with Gasteiger partial charge in [-0.15, -0.1) is 19.0 Å². The molecule has 0 aliphatic carbocycles. The van der Waals surface area contributed by atoms with Crippen molar-refractivity contribution in [2.75, 3.05) is 0 Å². The number of hydrogen-bond donors (Lipinski definition) is 1. The summed E-state index contributed by atoms with van der Waals surface area (Å²) in [5.74, 6) is 0. The Labute approximate surface area is 78.9 Å². The third-order valence-electron chi connectivity index (χ3n) is 1.49. The predicted molar refractivity (Wildman–Crippen MR) is 53.2 cm³/mol. The molecule has 0 unspecified atom stereocenters. The molecule has 2 N–H and O–H groups in total. The summed E-state index contributed by atoms with van der Waals surface area (Å²) in [6, 6.07) is 5.73. The van der Waals surface area contributed by atoms with E-state index in [1.54, 1.807) is 12.3 Å². The Morgan fingerprint density at radius 2 is 2.33 bits per heavy atom. The minimum atomic E-state index is -0.00583. The van der Waals surface area contributed by atoms with Gasteiger partial charge in [-0.1, -0.05) is 12.1 Å². The first-order valence-corrected chi connectivity index (χ1v) is 3.62. The number of rotatable bonds is 3. The molecule has 1 aromatic rings. The highest BCUT2D eigenvalue weighted by atomic mass is 35.5. The SMILES string of the molecule is C=CC[C@H](N)c1ccccn1.Cl. The molecular weight excluding hydrogens is 172 g/mol. The van der Waals surface area contributed by atoms with Crippen LogP contribution in [0.2, 0.25) is 0 Å². The van der Waals surface area contributed by atoms with E-state index in [1.165, 1.54) is 0 Å². The zero-order valence-corrected chi connectivity index (χ0v) is 7.63. The first-order chi connectivity index (χ1) is 5.34. The molecule has 0 bridgehead atoms. The van der Waals surface area contributed by atoms with Crippen molar-refractivity contribution in [1.82, 2.24) is 4.98 Å². The highest BCUT2D eigenvalue weighted by Crippen LogP contribution is 2.09. The van der Waals surface area contributed by atoms with Gasteiger partial charge in [0.25, 0.3) is 0 Å². The van der Waals surface area contributed by atoms with Gasteiger partial charge in [-0.3, -0.25) is 4.98 Å². The van der Waals surface area contributed by atoms with E-state index in [4.69, 9.17) is 5.73 Å². The van der Waals surface area contributed by atoms with Gasteiger partial charge in [0.05, 0.1) is 11.7 Å². The summed E-state index contributed by atoms with van der Waals surface area (Å²) in [6.45, 7) is 3.62. The first kappa shape index (κ1) is 11.1. The van der Waals surface area contributed by atoms with Crippen molar-refractivity contribution < 1.29 is 0 Å². The highest BCUT2D eigenvalue weighted by molar-refractivity contribution is 5.85. The molecule has 0 spiro atoms.